The number of pyridine rings is 1. The Labute approximate surface area is 123 Å². The van der Waals surface area contributed by atoms with Gasteiger partial charge in [-0.1, -0.05) is 18.5 Å². The van der Waals surface area contributed by atoms with Gasteiger partial charge in [-0.15, -0.1) is 0 Å². The van der Waals surface area contributed by atoms with Crippen molar-refractivity contribution in [2.45, 2.75) is 19.4 Å². The molecule has 0 bridgehead atoms. The van der Waals surface area contributed by atoms with E-state index < -0.39 is 0 Å². The quantitative estimate of drug-likeness (QED) is 0.797. The molecule has 0 aromatic carbocycles. The van der Waals surface area contributed by atoms with E-state index in [0.29, 0.717) is 23.8 Å². The van der Waals surface area contributed by atoms with Crippen molar-refractivity contribution in [3.8, 4) is 6.07 Å². The summed E-state index contributed by atoms with van der Waals surface area (Å²) in [5.74, 6) is -0.0287. The second kappa shape index (κ2) is 6.69. The number of hydrogen-bond donors (Lipinski definition) is 0. The Kier molecular flexibility index (Phi) is 4.94. The third-order valence-corrected chi connectivity index (χ3v) is 3.76. The van der Waals surface area contributed by atoms with E-state index in [4.69, 9.17) is 16.9 Å². The van der Waals surface area contributed by atoms with Crippen LogP contribution in [0.4, 0.5) is 0 Å². The minimum atomic E-state index is -0.0531. The van der Waals surface area contributed by atoms with Gasteiger partial charge >= 0.3 is 0 Å². The third kappa shape index (κ3) is 3.27. The van der Waals surface area contributed by atoms with E-state index in [9.17, 15) is 4.79 Å². The molecule has 20 heavy (non-hydrogen) atoms. The molecule has 1 atom stereocenters. The third-order valence-electron chi connectivity index (χ3n) is 3.55. The van der Waals surface area contributed by atoms with Gasteiger partial charge in [0.05, 0.1) is 12.1 Å². The van der Waals surface area contributed by atoms with Crippen molar-refractivity contribution in [2.24, 2.45) is 0 Å². The highest BCUT2D eigenvalue weighted by Crippen LogP contribution is 2.13. The summed E-state index contributed by atoms with van der Waals surface area (Å²) >= 11 is 5.80. The molecule has 1 fully saturated rings. The van der Waals surface area contributed by atoms with Crippen LogP contribution in [0, 0.1) is 11.3 Å². The van der Waals surface area contributed by atoms with Crippen molar-refractivity contribution >= 4 is 17.5 Å². The molecule has 2 rings (SSSR count). The van der Waals surface area contributed by atoms with E-state index in [2.05, 4.69) is 16.0 Å². The first-order valence-electron chi connectivity index (χ1n) is 6.70. The molecule has 1 aliphatic heterocycles. The van der Waals surface area contributed by atoms with Crippen LogP contribution in [0.2, 0.25) is 5.15 Å². The fourth-order valence-electron chi connectivity index (χ4n) is 2.39. The molecule has 0 aliphatic carbocycles. The first-order valence-corrected chi connectivity index (χ1v) is 7.08. The van der Waals surface area contributed by atoms with Gasteiger partial charge in [0.15, 0.2) is 0 Å². The molecule has 1 aliphatic rings. The standard InChI is InChI=1S/C14H17ClN4O/c1-2-12(10-16)18-5-7-19(8-6-18)14(20)11-3-4-17-13(15)9-11/h3-4,9,12H,2,5-8H2,1H3. The first-order chi connectivity index (χ1) is 9.65. The molecule has 6 heteroatoms. The lowest BCUT2D eigenvalue weighted by atomic mass is 10.1. The van der Waals surface area contributed by atoms with Gasteiger partial charge in [-0.05, 0) is 18.6 Å². The number of amides is 1. The van der Waals surface area contributed by atoms with Gasteiger partial charge in [-0.3, -0.25) is 9.69 Å². The topological polar surface area (TPSA) is 60.2 Å². The van der Waals surface area contributed by atoms with Gasteiger partial charge < -0.3 is 4.90 Å². The second-order valence-corrected chi connectivity index (χ2v) is 5.14. The number of nitrogens with zero attached hydrogens (tertiary/aromatic N) is 4. The fraction of sp³-hybridized carbons (Fsp3) is 0.500. The summed E-state index contributed by atoms with van der Waals surface area (Å²) in [7, 11) is 0. The SMILES string of the molecule is CCC(C#N)N1CCN(C(=O)c2ccnc(Cl)c2)CC1. The van der Waals surface area contributed by atoms with Crippen molar-refractivity contribution in [3.05, 3.63) is 29.0 Å². The highest BCUT2D eigenvalue weighted by molar-refractivity contribution is 6.29. The Morgan fingerprint density at radius 2 is 2.20 bits per heavy atom. The predicted octanol–water partition coefficient (Wildman–Crippen LogP) is 1.79. The zero-order valence-electron chi connectivity index (χ0n) is 11.4. The van der Waals surface area contributed by atoms with E-state index in [1.807, 2.05) is 6.92 Å². The van der Waals surface area contributed by atoms with E-state index >= 15 is 0 Å². The van der Waals surface area contributed by atoms with Gasteiger partial charge in [0, 0.05) is 37.9 Å². The molecule has 0 spiro atoms. The fourth-order valence-corrected chi connectivity index (χ4v) is 2.56. The minimum Gasteiger partial charge on any atom is -0.336 e. The Hall–Kier alpha value is -1.64. The number of hydrogen-bond acceptors (Lipinski definition) is 4. The Morgan fingerprint density at radius 1 is 1.50 bits per heavy atom. The maximum absolute atomic E-state index is 12.3. The summed E-state index contributed by atoms with van der Waals surface area (Å²) in [5.41, 5.74) is 0.561. The summed E-state index contributed by atoms with van der Waals surface area (Å²) in [6.07, 6.45) is 2.35. The average molecular weight is 293 g/mol. The van der Waals surface area contributed by atoms with Gasteiger partial charge in [0.1, 0.15) is 5.15 Å². The van der Waals surface area contributed by atoms with Crippen LogP contribution in [0.3, 0.4) is 0 Å². The van der Waals surface area contributed by atoms with Crippen LogP contribution in [0.1, 0.15) is 23.7 Å². The van der Waals surface area contributed by atoms with E-state index in [1.54, 1.807) is 17.0 Å². The second-order valence-electron chi connectivity index (χ2n) is 4.75. The number of halogens is 1. The van der Waals surface area contributed by atoms with Crippen LogP contribution in [-0.2, 0) is 0 Å². The summed E-state index contributed by atoms with van der Waals surface area (Å²) in [5, 5.41) is 9.39. The van der Waals surface area contributed by atoms with Crippen molar-refractivity contribution in [2.75, 3.05) is 26.2 Å². The molecule has 2 heterocycles. The van der Waals surface area contributed by atoms with Crippen molar-refractivity contribution in [3.63, 3.8) is 0 Å². The summed E-state index contributed by atoms with van der Waals surface area (Å²) in [6.45, 7) is 4.74. The lowest BCUT2D eigenvalue weighted by molar-refractivity contribution is 0.0604. The smallest absolute Gasteiger partial charge is 0.254 e. The highest BCUT2D eigenvalue weighted by atomic mass is 35.5. The molecule has 0 N–H and O–H groups in total. The highest BCUT2D eigenvalue weighted by Gasteiger charge is 2.25. The molecule has 0 radical (unpaired) electrons. The normalized spacial score (nSPS) is 17.6. The van der Waals surface area contributed by atoms with Gasteiger partial charge in [0.25, 0.3) is 5.91 Å². The van der Waals surface area contributed by atoms with Gasteiger partial charge in [0.2, 0.25) is 0 Å². The van der Waals surface area contributed by atoms with Crippen LogP contribution < -0.4 is 0 Å². The first kappa shape index (κ1) is 14.8. The molecule has 1 aromatic rings. The number of nitriles is 1. The molecule has 1 unspecified atom stereocenters. The van der Waals surface area contributed by atoms with Crippen LogP contribution in [0.25, 0.3) is 0 Å². The lowest BCUT2D eigenvalue weighted by Crippen LogP contribution is -2.51. The molecule has 0 saturated carbocycles. The van der Waals surface area contributed by atoms with Crippen LogP contribution in [0.15, 0.2) is 18.3 Å². The molecule has 1 saturated heterocycles. The Morgan fingerprint density at radius 3 is 2.75 bits per heavy atom. The number of piperazine rings is 1. The van der Waals surface area contributed by atoms with E-state index in [-0.39, 0.29) is 11.9 Å². The summed E-state index contributed by atoms with van der Waals surface area (Å²) in [4.78, 5) is 20.1. The Balaban J connectivity index is 1.97. The summed E-state index contributed by atoms with van der Waals surface area (Å²) in [6, 6.07) is 5.50. The van der Waals surface area contributed by atoms with Crippen molar-refractivity contribution in [1.29, 1.82) is 5.26 Å². The molecule has 1 amide bonds. The maximum atomic E-state index is 12.3. The number of aromatic nitrogens is 1. The van der Waals surface area contributed by atoms with Gasteiger partial charge in [-0.2, -0.15) is 5.26 Å². The molecule has 106 valence electrons. The zero-order chi connectivity index (χ0) is 14.5. The average Bonchev–Trinajstić information content (AvgIpc) is 2.48. The molecule has 1 aromatic heterocycles. The number of rotatable bonds is 3. The maximum Gasteiger partial charge on any atom is 0.254 e. The monoisotopic (exact) mass is 292 g/mol. The van der Waals surface area contributed by atoms with E-state index in [0.717, 1.165) is 19.5 Å². The molecular formula is C14H17ClN4O. The lowest BCUT2D eigenvalue weighted by Gasteiger charge is -2.36. The van der Waals surface area contributed by atoms with Crippen molar-refractivity contribution < 1.29 is 4.79 Å². The number of carbonyl (C=O) groups excluding carboxylic acids is 1. The molecular weight excluding hydrogens is 276 g/mol. The Bertz CT molecular complexity index is 520. The van der Waals surface area contributed by atoms with Crippen LogP contribution >= 0.6 is 11.6 Å². The zero-order valence-corrected chi connectivity index (χ0v) is 12.2. The van der Waals surface area contributed by atoms with Gasteiger partial charge in [-0.25, -0.2) is 4.98 Å². The number of carbonyl (C=O) groups is 1. The van der Waals surface area contributed by atoms with Crippen molar-refractivity contribution in [1.82, 2.24) is 14.8 Å². The molecule has 5 nitrogen and oxygen atoms in total. The predicted molar refractivity (Wildman–Crippen MR) is 76.4 cm³/mol. The van der Waals surface area contributed by atoms with E-state index in [1.165, 1.54) is 6.20 Å². The summed E-state index contributed by atoms with van der Waals surface area (Å²) < 4.78 is 0. The minimum absolute atomic E-state index is 0.0287. The largest absolute Gasteiger partial charge is 0.336 e. The van der Waals surface area contributed by atoms with Crippen LogP contribution in [0.5, 0.6) is 0 Å². The van der Waals surface area contributed by atoms with Crippen LogP contribution in [-0.4, -0.2) is 52.9 Å².